The summed E-state index contributed by atoms with van der Waals surface area (Å²) in [5.74, 6) is -2.59. The lowest BCUT2D eigenvalue weighted by Gasteiger charge is -2.46. The van der Waals surface area contributed by atoms with Gasteiger partial charge in [-0.25, -0.2) is 14.6 Å². The highest BCUT2D eigenvalue weighted by Gasteiger charge is 2.60. The summed E-state index contributed by atoms with van der Waals surface area (Å²) >= 11 is 2.88. The first-order valence-corrected chi connectivity index (χ1v) is 12.0. The molecule has 3 N–H and O–H groups in total. The number of nitrogens with one attached hydrogen (secondary N) is 1. The van der Waals surface area contributed by atoms with Crippen molar-refractivity contribution in [3.05, 3.63) is 26.7 Å². The van der Waals surface area contributed by atoms with Gasteiger partial charge in [0.1, 0.15) is 10.7 Å². The van der Waals surface area contributed by atoms with Crippen LogP contribution < -0.4 is 5.32 Å². The van der Waals surface area contributed by atoms with Crippen LogP contribution in [-0.2, 0) is 14.3 Å². The van der Waals surface area contributed by atoms with Crippen LogP contribution in [0, 0.1) is 11.8 Å². The van der Waals surface area contributed by atoms with Crippen LogP contribution in [-0.4, -0.2) is 68.5 Å². The van der Waals surface area contributed by atoms with Crippen LogP contribution in [0.15, 0.2) is 16.0 Å². The molecule has 0 aliphatic carbocycles. The molecular formula is C20H25N3O6S2. The lowest BCUT2D eigenvalue weighted by Crippen LogP contribution is -2.63. The summed E-state index contributed by atoms with van der Waals surface area (Å²) in [7, 11) is 0. The number of β-lactam (4-membered cyclic amide) rings is 1. The molecule has 168 valence electrons. The molecule has 3 aliphatic heterocycles. The molecule has 1 aromatic rings. The van der Waals surface area contributed by atoms with Crippen molar-refractivity contribution < 1.29 is 29.3 Å². The molecular weight excluding hydrogens is 442 g/mol. The zero-order valence-corrected chi connectivity index (χ0v) is 19.0. The molecule has 9 nitrogen and oxygen atoms in total. The number of aliphatic carboxylic acids is 1. The number of hydrogen-bond acceptors (Lipinski definition) is 9. The first kappa shape index (κ1) is 22.3. The number of hydrogen-bond donors (Lipinski definition) is 3. The van der Waals surface area contributed by atoms with Gasteiger partial charge in [-0.05, 0) is 20.3 Å². The van der Waals surface area contributed by atoms with Gasteiger partial charge in [-0.2, -0.15) is 0 Å². The molecule has 11 heteroatoms. The van der Waals surface area contributed by atoms with E-state index in [0.717, 1.165) is 11.4 Å². The number of fused-ring (bicyclic) bond motifs is 1. The van der Waals surface area contributed by atoms with Crippen molar-refractivity contribution in [2.24, 2.45) is 11.8 Å². The van der Waals surface area contributed by atoms with Gasteiger partial charge in [-0.1, -0.05) is 6.92 Å². The van der Waals surface area contributed by atoms with Crippen LogP contribution in [0.4, 0.5) is 0 Å². The zero-order valence-electron chi connectivity index (χ0n) is 17.4. The number of aliphatic hydroxyl groups excluding tert-OH is 1. The normalized spacial score (nSPS) is 30.9. The molecule has 0 aromatic carbocycles. The summed E-state index contributed by atoms with van der Waals surface area (Å²) in [6, 6.07) is -0.336. The molecule has 0 spiro atoms. The molecule has 0 bridgehead atoms. The maximum Gasteiger partial charge on any atom is 0.357 e. The van der Waals surface area contributed by atoms with E-state index < -0.39 is 24.0 Å². The number of ether oxygens (including phenoxy) is 1. The number of carboxylic acids is 1. The van der Waals surface area contributed by atoms with E-state index in [2.05, 4.69) is 10.3 Å². The minimum atomic E-state index is -1.12. The lowest BCUT2D eigenvalue weighted by atomic mass is 9.79. The molecule has 0 saturated carbocycles. The highest BCUT2D eigenvalue weighted by Crippen LogP contribution is 2.52. The van der Waals surface area contributed by atoms with Gasteiger partial charge in [-0.15, -0.1) is 23.1 Å². The van der Waals surface area contributed by atoms with Gasteiger partial charge in [0.15, 0.2) is 5.69 Å². The fraction of sp³-hybridized carbons (Fsp3) is 0.600. The quantitative estimate of drug-likeness (QED) is 0.404. The van der Waals surface area contributed by atoms with E-state index in [1.54, 1.807) is 19.2 Å². The minimum absolute atomic E-state index is 0.0277. The van der Waals surface area contributed by atoms with Gasteiger partial charge < -0.3 is 25.2 Å². The van der Waals surface area contributed by atoms with Gasteiger partial charge in [0.25, 0.3) is 0 Å². The molecule has 2 unspecified atom stereocenters. The predicted octanol–water partition coefficient (Wildman–Crippen LogP) is 1.61. The van der Waals surface area contributed by atoms with Crippen molar-refractivity contribution in [2.45, 2.75) is 50.6 Å². The number of nitrogens with zero attached hydrogens (tertiary/aromatic N) is 2. The molecule has 2 saturated heterocycles. The topological polar surface area (TPSA) is 129 Å². The number of esters is 1. The third-order valence-corrected chi connectivity index (χ3v) is 8.47. The van der Waals surface area contributed by atoms with Crippen molar-refractivity contribution in [2.75, 3.05) is 13.2 Å². The second-order valence-corrected chi connectivity index (χ2v) is 10.2. The number of carbonyl (C=O) groups is 3. The summed E-state index contributed by atoms with van der Waals surface area (Å²) in [6.07, 6.45) is -0.0891. The number of rotatable bonds is 7. The maximum atomic E-state index is 12.5. The highest BCUT2D eigenvalue weighted by molar-refractivity contribution is 8.03. The Morgan fingerprint density at radius 3 is 2.87 bits per heavy atom. The number of carbonyl (C=O) groups excluding carboxylic acids is 2. The molecule has 3 aliphatic rings. The van der Waals surface area contributed by atoms with Crippen LogP contribution in [0.1, 0.15) is 48.7 Å². The van der Waals surface area contributed by atoms with Crippen molar-refractivity contribution in [1.82, 2.24) is 15.2 Å². The van der Waals surface area contributed by atoms with Crippen LogP contribution in [0.2, 0.25) is 0 Å². The van der Waals surface area contributed by atoms with E-state index in [0.29, 0.717) is 23.8 Å². The summed E-state index contributed by atoms with van der Waals surface area (Å²) in [6.45, 7) is 6.19. The molecule has 1 amide bonds. The molecule has 31 heavy (non-hydrogen) atoms. The second-order valence-electron chi connectivity index (χ2n) is 8.00. The van der Waals surface area contributed by atoms with Crippen molar-refractivity contribution in [1.29, 1.82) is 0 Å². The molecule has 4 rings (SSSR count). The predicted molar refractivity (Wildman–Crippen MR) is 114 cm³/mol. The highest BCUT2D eigenvalue weighted by atomic mass is 32.2. The van der Waals surface area contributed by atoms with Gasteiger partial charge >= 0.3 is 11.9 Å². The molecule has 0 radical (unpaired) electrons. The zero-order chi connectivity index (χ0) is 22.4. The number of thioether (sulfide) groups is 1. The molecule has 6 atom stereocenters. The Morgan fingerprint density at radius 2 is 2.23 bits per heavy atom. The Labute approximate surface area is 187 Å². The van der Waals surface area contributed by atoms with Gasteiger partial charge in [-0.3, -0.25) is 4.79 Å². The fourth-order valence-corrected chi connectivity index (χ4v) is 6.94. The summed E-state index contributed by atoms with van der Waals surface area (Å²) < 4.78 is 4.99. The van der Waals surface area contributed by atoms with E-state index in [-0.39, 0.29) is 34.9 Å². The first-order chi connectivity index (χ1) is 14.7. The van der Waals surface area contributed by atoms with Gasteiger partial charge in [0.05, 0.1) is 30.7 Å². The molecule has 1 aromatic heterocycles. The number of carboxylic acid groups (broad SMARTS) is 1. The van der Waals surface area contributed by atoms with E-state index >= 15 is 0 Å². The standard InChI is InChI=1S/C20H25N3O6S2/c1-4-29-20(28)12-7-30-17(22-12)11-5-10(6-21-11)31-16-8(2)14-13(9(3)24)18(25)23(14)15(16)19(26)27/h7-11,13-14,21,24H,4-6H2,1-3H3,(H,26,27)/t8-,9-,10+,11+,13?,14?/m1/s1. The summed E-state index contributed by atoms with van der Waals surface area (Å²) in [5.41, 5.74) is 0.346. The number of amides is 1. The summed E-state index contributed by atoms with van der Waals surface area (Å²) in [5, 5.41) is 25.7. The maximum absolute atomic E-state index is 12.5. The third-order valence-electron chi connectivity index (χ3n) is 6.00. The van der Waals surface area contributed by atoms with E-state index in [9.17, 15) is 24.6 Å². The largest absolute Gasteiger partial charge is 0.477 e. The van der Waals surface area contributed by atoms with Gasteiger partial charge in [0.2, 0.25) is 5.91 Å². The molecule has 2 fully saturated rings. The number of thiazole rings is 1. The Hall–Kier alpha value is -1.95. The Morgan fingerprint density at radius 1 is 1.48 bits per heavy atom. The number of aromatic nitrogens is 1. The van der Waals surface area contributed by atoms with Crippen LogP contribution in [0.3, 0.4) is 0 Å². The Kier molecular flexibility index (Phi) is 6.12. The minimum Gasteiger partial charge on any atom is -0.477 e. The van der Waals surface area contributed by atoms with E-state index in [4.69, 9.17) is 4.74 Å². The average Bonchev–Trinajstić information content (AvgIpc) is 3.40. The van der Waals surface area contributed by atoms with E-state index in [1.807, 2.05) is 6.92 Å². The van der Waals surface area contributed by atoms with E-state index in [1.165, 1.54) is 28.0 Å². The van der Waals surface area contributed by atoms with Crippen molar-refractivity contribution >= 4 is 40.9 Å². The van der Waals surface area contributed by atoms with Crippen LogP contribution in [0.5, 0.6) is 0 Å². The van der Waals surface area contributed by atoms with Crippen molar-refractivity contribution in [3.63, 3.8) is 0 Å². The first-order valence-electron chi connectivity index (χ1n) is 10.3. The molecule has 4 heterocycles. The van der Waals surface area contributed by atoms with Crippen LogP contribution >= 0.6 is 23.1 Å². The van der Waals surface area contributed by atoms with Crippen molar-refractivity contribution in [3.8, 4) is 0 Å². The smallest absolute Gasteiger partial charge is 0.357 e. The monoisotopic (exact) mass is 467 g/mol. The fourth-order valence-electron chi connectivity index (χ4n) is 4.59. The second kappa shape index (κ2) is 8.53. The van der Waals surface area contributed by atoms with Crippen LogP contribution in [0.25, 0.3) is 0 Å². The third kappa shape index (κ3) is 3.77. The lowest BCUT2D eigenvalue weighted by molar-refractivity contribution is -0.163. The average molecular weight is 468 g/mol. The SMILES string of the molecule is CCOC(=O)c1csc([C@@H]2C[C@H](SC3=C(C(=O)O)N4C(=O)C([C@@H](C)O)C4[C@H]3C)CN2)n1. The summed E-state index contributed by atoms with van der Waals surface area (Å²) in [4.78, 5) is 42.7. The Bertz CT molecular complexity index is 945. The number of aliphatic hydroxyl groups is 1. The Balaban J connectivity index is 1.47. The van der Waals surface area contributed by atoms with Gasteiger partial charge in [0, 0.05) is 28.0 Å².